The molecular weight excluding hydrogens is 672 g/mol. The zero-order valence-electron chi connectivity index (χ0n) is 30.3. The van der Waals surface area contributed by atoms with Crippen LogP contribution in [0.2, 0.25) is 0 Å². The summed E-state index contributed by atoms with van der Waals surface area (Å²) in [7, 11) is -2.43. The van der Waals surface area contributed by atoms with Crippen LogP contribution in [0.3, 0.4) is 0 Å². The first-order valence-electron chi connectivity index (χ1n) is 19.0. The fourth-order valence-corrected chi connectivity index (χ4v) is 13.1. The van der Waals surface area contributed by atoms with Gasteiger partial charge in [0, 0.05) is 32.9 Å². The molecule has 3 heteroatoms. The molecule has 0 amide bonds. The third-order valence-electron chi connectivity index (χ3n) is 11.1. The summed E-state index contributed by atoms with van der Waals surface area (Å²) in [6.45, 7) is 2.26. The van der Waals surface area contributed by atoms with E-state index in [9.17, 15) is 0 Å². The molecule has 0 aliphatic carbocycles. The minimum atomic E-state index is -2.43. The van der Waals surface area contributed by atoms with Gasteiger partial charge in [0.25, 0.3) is 0 Å². The summed E-state index contributed by atoms with van der Waals surface area (Å²) in [6.07, 6.45) is 2.19. The van der Waals surface area contributed by atoms with Gasteiger partial charge in [0.1, 0.15) is 28.5 Å². The van der Waals surface area contributed by atoms with Gasteiger partial charge in [-0.2, -0.15) is 0 Å². The average molecular weight is 712 g/mol. The van der Waals surface area contributed by atoms with E-state index in [0.29, 0.717) is 0 Å². The van der Waals surface area contributed by atoms with E-state index in [1.54, 1.807) is 0 Å². The lowest BCUT2D eigenvalue weighted by atomic mass is 10.1. The van der Waals surface area contributed by atoms with Crippen LogP contribution in [-0.4, -0.2) is 9.13 Å². The Hall–Kier alpha value is -6.21. The van der Waals surface area contributed by atoms with Crippen molar-refractivity contribution in [2.75, 3.05) is 0 Å². The number of hydrogen-bond donors (Lipinski definition) is 0. The summed E-state index contributed by atoms with van der Waals surface area (Å²) in [5.74, 6) is 0. The van der Waals surface area contributed by atoms with Crippen LogP contribution in [0.5, 0.6) is 0 Å². The van der Waals surface area contributed by atoms with Crippen LogP contribution in [0, 0.1) is 0 Å². The van der Waals surface area contributed by atoms with Crippen molar-refractivity contribution < 1.29 is 0 Å². The molecule has 0 bridgehead atoms. The van der Waals surface area contributed by atoms with Gasteiger partial charge in [-0.25, -0.2) is 0 Å². The van der Waals surface area contributed by atoms with Gasteiger partial charge in [-0.05, 0) is 109 Å². The highest BCUT2D eigenvalue weighted by Crippen LogP contribution is 2.55. The second-order valence-electron chi connectivity index (χ2n) is 14.2. The smallest absolute Gasteiger partial charge is 0.144 e. The molecule has 10 aromatic rings. The molecule has 2 heterocycles. The van der Waals surface area contributed by atoms with E-state index in [-0.39, 0.29) is 0 Å². The molecule has 0 spiro atoms. The summed E-state index contributed by atoms with van der Waals surface area (Å²) in [5, 5.41) is 10.5. The van der Waals surface area contributed by atoms with Gasteiger partial charge in [-0.3, -0.25) is 0 Å². The normalized spacial score (nSPS) is 11.9. The first-order chi connectivity index (χ1) is 26.8. The van der Waals surface area contributed by atoms with Crippen molar-refractivity contribution in [1.82, 2.24) is 9.13 Å². The van der Waals surface area contributed by atoms with Crippen molar-refractivity contribution in [3.63, 3.8) is 0 Å². The molecule has 54 heavy (non-hydrogen) atoms. The molecule has 0 radical (unpaired) electrons. The first kappa shape index (κ1) is 32.4. The molecule has 0 saturated carbocycles. The van der Waals surface area contributed by atoms with Crippen LogP contribution in [0.1, 0.15) is 18.9 Å². The minimum Gasteiger partial charge on any atom is -0.309 e. The Bertz CT molecular complexity index is 2890. The highest BCUT2D eigenvalue weighted by Gasteiger charge is 2.48. The number of para-hydroxylation sites is 3. The van der Waals surface area contributed by atoms with E-state index in [2.05, 4.69) is 216 Å². The molecule has 0 saturated heterocycles. The SMILES string of the molecule is CCCc1ccc2c3cc([P+](c4ccccc4)(c4ccccc4)c4ccc5c(c4)c4ccccc4n5-c4ccccc4)ccc3n(-c3ccccc3)c2c1. The monoisotopic (exact) mass is 711 g/mol. The Morgan fingerprint density at radius 3 is 1.33 bits per heavy atom. The quantitative estimate of drug-likeness (QED) is 0.139. The van der Waals surface area contributed by atoms with Gasteiger partial charge in [0.2, 0.25) is 0 Å². The number of rotatable bonds is 8. The predicted octanol–water partition coefficient (Wildman–Crippen LogP) is 11.5. The topological polar surface area (TPSA) is 9.86 Å². The molecule has 0 atom stereocenters. The van der Waals surface area contributed by atoms with Crippen molar-refractivity contribution >= 4 is 72.1 Å². The Morgan fingerprint density at radius 2 is 0.796 bits per heavy atom. The van der Waals surface area contributed by atoms with Crippen LogP contribution in [-0.2, 0) is 6.42 Å². The third-order valence-corrected chi connectivity index (χ3v) is 15.4. The highest BCUT2D eigenvalue weighted by atomic mass is 31.2. The number of aryl methyl sites for hydroxylation is 1. The van der Waals surface area contributed by atoms with Crippen LogP contribution < -0.4 is 21.2 Å². The number of benzene rings is 8. The summed E-state index contributed by atoms with van der Waals surface area (Å²) < 4.78 is 4.88. The molecule has 2 aromatic heterocycles. The van der Waals surface area contributed by atoms with E-state index >= 15 is 0 Å². The van der Waals surface area contributed by atoms with Crippen molar-refractivity contribution in [1.29, 1.82) is 0 Å². The third kappa shape index (κ3) is 5.06. The Balaban J connectivity index is 1.31. The Kier molecular flexibility index (Phi) is 8.01. The summed E-state index contributed by atoms with van der Waals surface area (Å²) in [6, 6.07) is 74.8. The fraction of sp³-hybridized carbons (Fsp3) is 0.0588. The summed E-state index contributed by atoms with van der Waals surface area (Å²) in [4.78, 5) is 0. The molecule has 0 N–H and O–H groups in total. The van der Waals surface area contributed by atoms with Gasteiger partial charge in [-0.1, -0.05) is 116 Å². The van der Waals surface area contributed by atoms with Crippen molar-refractivity contribution in [2.45, 2.75) is 19.8 Å². The maximum absolute atomic E-state index is 2.53. The van der Waals surface area contributed by atoms with Crippen LogP contribution in [0.4, 0.5) is 0 Å². The molecule has 10 rings (SSSR count). The van der Waals surface area contributed by atoms with E-state index in [0.717, 1.165) is 12.8 Å². The summed E-state index contributed by atoms with van der Waals surface area (Å²) in [5.41, 5.74) is 8.67. The highest BCUT2D eigenvalue weighted by molar-refractivity contribution is 8.01. The van der Waals surface area contributed by atoms with Crippen molar-refractivity contribution in [3.05, 3.63) is 206 Å². The van der Waals surface area contributed by atoms with Crippen LogP contribution in [0.15, 0.2) is 200 Å². The lowest BCUT2D eigenvalue weighted by Crippen LogP contribution is -2.38. The largest absolute Gasteiger partial charge is 0.309 e. The number of aromatic nitrogens is 2. The predicted molar refractivity (Wildman–Crippen MR) is 234 cm³/mol. The van der Waals surface area contributed by atoms with Crippen LogP contribution >= 0.6 is 7.26 Å². The van der Waals surface area contributed by atoms with E-state index in [1.807, 2.05) is 0 Å². The number of nitrogens with zero attached hydrogens (tertiary/aromatic N) is 2. The zero-order valence-corrected chi connectivity index (χ0v) is 31.2. The maximum atomic E-state index is 2.53. The van der Waals surface area contributed by atoms with Crippen molar-refractivity contribution in [2.24, 2.45) is 0 Å². The van der Waals surface area contributed by atoms with Gasteiger partial charge in [0.05, 0.1) is 22.1 Å². The van der Waals surface area contributed by atoms with Crippen molar-refractivity contribution in [3.8, 4) is 11.4 Å². The average Bonchev–Trinajstić information content (AvgIpc) is 3.75. The van der Waals surface area contributed by atoms with Crippen LogP contribution in [0.25, 0.3) is 55.0 Å². The molecule has 0 aliphatic rings. The van der Waals surface area contributed by atoms with E-state index in [4.69, 9.17) is 0 Å². The lowest BCUT2D eigenvalue weighted by Gasteiger charge is -2.28. The molecule has 8 aromatic carbocycles. The molecule has 0 unspecified atom stereocenters. The van der Waals surface area contributed by atoms with E-state index in [1.165, 1.54) is 81.8 Å². The molecular formula is C51H40N2P+. The maximum Gasteiger partial charge on any atom is 0.144 e. The Morgan fingerprint density at radius 1 is 0.352 bits per heavy atom. The zero-order chi connectivity index (χ0) is 36.1. The molecule has 0 fully saturated rings. The minimum absolute atomic E-state index is 1.07. The Labute approximate surface area is 316 Å². The molecule has 2 nitrogen and oxygen atoms in total. The van der Waals surface area contributed by atoms with E-state index < -0.39 is 7.26 Å². The first-order valence-corrected chi connectivity index (χ1v) is 20.8. The fourth-order valence-electron chi connectivity index (χ4n) is 8.78. The summed E-state index contributed by atoms with van der Waals surface area (Å²) >= 11 is 0. The lowest BCUT2D eigenvalue weighted by molar-refractivity contribution is 0.923. The molecule has 0 aliphatic heterocycles. The second kappa shape index (κ2) is 13.3. The number of hydrogen-bond acceptors (Lipinski definition) is 0. The standard InChI is InChI=1S/C51H40N2P/c1-2-17-37-28-31-45-47-36-43(30-33-50(47)53(51(45)34-37)39-20-9-4-10-21-39)54(40-22-11-5-12-23-40,41-24-13-6-14-25-41)42-29-32-49-46(35-42)44-26-15-16-27-48(44)52(49)38-18-7-3-8-19-38/h3-16,18-36H,2,17H2,1H3/q+1. The van der Waals surface area contributed by atoms with Gasteiger partial charge in [0.15, 0.2) is 0 Å². The van der Waals surface area contributed by atoms with Gasteiger partial charge >= 0.3 is 0 Å². The second-order valence-corrected chi connectivity index (χ2v) is 17.6. The van der Waals surface area contributed by atoms with Gasteiger partial charge in [-0.15, -0.1) is 0 Å². The molecule has 258 valence electrons. The number of fused-ring (bicyclic) bond motifs is 6. The van der Waals surface area contributed by atoms with Gasteiger partial charge < -0.3 is 9.13 Å².